The highest BCUT2D eigenvalue weighted by Gasteiger charge is 2.01. The van der Waals surface area contributed by atoms with E-state index in [1.54, 1.807) is 0 Å². The summed E-state index contributed by atoms with van der Waals surface area (Å²) in [5.74, 6) is -2.62. The van der Waals surface area contributed by atoms with Gasteiger partial charge >= 0.3 is 11.9 Å². The van der Waals surface area contributed by atoms with Gasteiger partial charge in [-0.2, -0.15) is 0 Å². The summed E-state index contributed by atoms with van der Waals surface area (Å²) in [5, 5.41) is 23.3. The lowest BCUT2D eigenvalue weighted by molar-refractivity contribution is -0.147. The summed E-state index contributed by atoms with van der Waals surface area (Å²) in [4.78, 5) is 27.0. The van der Waals surface area contributed by atoms with Crippen molar-refractivity contribution in [3.05, 3.63) is 4.91 Å². The summed E-state index contributed by atoms with van der Waals surface area (Å²) in [6.07, 6.45) is -0.806. The van der Waals surface area contributed by atoms with E-state index in [4.69, 9.17) is 20.3 Å². The highest BCUT2D eigenvalue weighted by Crippen LogP contribution is 1.74. The summed E-state index contributed by atoms with van der Waals surface area (Å²) in [6, 6.07) is 0. The van der Waals surface area contributed by atoms with Crippen molar-refractivity contribution in [3.63, 3.8) is 0 Å². The predicted molar refractivity (Wildman–Crippen MR) is 27.5 cm³/mol. The largest absolute Gasteiger partial charge is 0.481 e. The van der Waals surface area contributed by atoms with Gasteiger partial charge in [-0.25, -0.2) is 0 Å². The van der Waals surface area contributed by atoms with E-state index in [0.717, 1.165) is 0 Å². The molecule has 0 aromatic heterocycles. The number of carboxylic acid groups (broad SMARTS) is 2. The Morgan fingerprint density at radius 3 is 1.40 bits per heavy atom. The molecule has 0 aliphatic heterocycles. The highest BCUT2D eigenvalue weighted by molar-refractivity contribution is 5.88. The van der Waals surface area contributed by atoms with Crippen molar-refractivity contribution >= 4 is 11.9 Å². The lowest BCUT2D eigenvalue weighted by Gasteiger charge is -1.80. The van der Waals surface area contributed by atoms with Gasteiger partial charge in [-0.15, -0.1) is 4.91 Å². The van der Waals surface area contributed by atoms with Crippen LogP contribution in [0.3, 0.4) is 0 Å². The maximum Gasteiger partial charge on any atom is 0.314 e. The Hall–Kier alpha value is -1.66. The Labute approximate surface area is 54.8 Å². The normalized spacial score (nSPS) is 6.80. The number of nitrogens with zero attached hydrogens (tertiary/aromatic N) is 1. The van der Waals surface area contributed by atoms with E-state index in [-0.39, 0.29) is 0 Å². The second-order valence-corrected chi connectivity index (χ2v) is 1.05. The molecule has 0 spiro atoms. The van der Waals surface area contributed by atoms with Crippen molar-refractivity contribution < 1.29 is 25.0 Å². The Kier molecular flexibility index (Phi) is 8.20. The molecule has 0 saturated heterocycles. The first-order valence-corrected chi connectivity index (χ1v) is 1.95. The zero-order valence-electron chi connectivity index (χ0n) is 4.72. The molecule has 0 bridgehead atoms. The summed E-state index contributed by atoms with van der Waals surface area (Å²) >= 11 is 0. The van der Waals surface area contributed by atoms with Crippen LogP contribution in [0.25, 0.3) is 0 Å². The van der Waals surface area contributed by atoms with Crippen molar-refractivity contribution in [2.75, 3.05) is 0 Å². The van der Waals surface area contributed by atoms with Crippen LogP contribution in [0.5, 0.6) is 0 Å². The summed E-state index contributed by atoms with van der Waals surface area (Å²) in [6.45, 7) is 0. The van der Waals surface area contributed by atoms with Crippen LogP contribution in [0.4, 0.5) is 0 Å². The van der Waals surface area contributed by atoms with Gasteiger partial charge in [-0.05, 0) is 0 Å². The van der Waals surface area contributed by atoms with Gasteiger partial charge in [0.2, 0.25) is 0 Å². The molecule has 7 heteroatoms. The molecular weight excluding hydrogens is 146 g/mol. The fourth-order valence-electron chi connectivity index (χ4n) is 0.129. The molecule has 0 aromatic carbocycles. The summed E-state index contributed by atoms with van der Waals surface area (Å²) < 4.78 is 0. The van der Waals surface area contributed by atoms with Gasteiger partial charge in [0.25, 0.3) is 0 Å². The van der Waals surface area contributed by atoms with Gasteiger partial charge in [0.1, 0.15) is 6.42 Å². The molecule has 0 aliphatic rings. The van der Waals surface area contributed by atoms with Gasteiger partial charge in [0.05, 0.1) is 0 Å². The molecular formula is C3H5NO6. The van der Waals surface area contributed by atoms with Gasteiger partial charge < -0.3 is 15.4 Å². The van der Waals surface area contributed by atoms with Crippen molar-refractivity contribution in [1.82, 2.24) is 0 Å². The number of carboxylic acids is 2. The van der Waals surface area contributed by atoms with E-state index < -0.39 is 18.4 Å². The fourth-order valence-corrected chi connectivity index (χ4v) is 0.129. The molecule has 0 fully saturated rings. The third-order valence-electron chi connectivity index (χ3n) is 0.302. The molecule has 0 amide bonds. The van der Waals surface area contributed by atoms with Crippen molar-refractivity contribution in [2.45, 2.75) is 6.42 Å². The third-order valence-corrected chi connectivity index (χ3v) is 0.302. The average molecular weight is 151 g/mol. The molecule has 10 heavy (non-hydrogen) atoms. The number of hydrogen-bond acceptors (Lipinski definition) is 4. The summed E-state index contributed by atoms with van der Waals surface area (Å²) in [5.41, 5.74) is 0. The molecule has 0 atom stereocenters. The predicted octanol–water partition coefficient (Wildman–Crippen LogP) is -0.312. The summed E-state index contributed by atoms with van der Waals surface area (Å²) in [7, 11) is 0. The van der Waals surface area contributed by atoms with Crippen molar-refractivity contribution in [3.8, 4) is 0 Å². The van der Waals surface area contributed by atoms with E-state index in [1.807, 2.05) is 0 Å². The number of carbonyl (C=O) groups is 2. The van der Waals surface area contributed by atoms with E-state index in [0.29, 0.717) is 0 Å². The van der Waals surface area contributed by atoms with Gasteiger partial charge in [0, 0.05) is 0 Å². The second-order valence-electron chi connectivity index (χ2n) is 1.05. The monoisotopic (exact) mass is 151 g/mol. The molecule has 0 aliphatic carbocycles. The molecule has 58 valence electrons. The van der Waals surface area contributed by atoms with Crippen molar-refractivity contribution in [2.24, 2.45) is 5.34 Å². The van der Waals surface area contributed by atoms with E-state index in [1.165, 1.54) is 5.34 Å². The first-order chi connectivity index (χ1) is 4.54. The SMILES string of the molecule is O=C(O)CC(=O)O.O=NO. The van der Waals surface area contributed by atoms with Crippen LogP contribution in [-0.4, -0.2) is 27.4 Å². The first-order valence-electron chi connectivity index (χ1n) is 1.95. The Balaban J connectivity index is 0. The first kappa shape index (κ1) is 11.2. The lowest BCUT2D eigenvalue weighted by atomic mass is 10.5. The minimum absolute atomic E-state index is 0.806. The Bertz CT molecular complexity index is 119. The van der Waals surface area contributed by atoms with E-state index >= 15 is 0 Å². The third kappa shape index (κ3) is 33.0. The van der Waals surface area contributed by atoms with Crippen LogP contribution < -0.4 is 0 Å². The van der Waals surface area contributed by atoms with E-state index in [2.05, 4.69) is 0 Å². The van der Waals surface area contributed by atoms with Crippen LogP contribution in [-0.2, 0) is 9.59 Å². The molecule has 0 radical (unpaired) electrons. The molecule has 3 N–H and O–H groups in total. The van der Waals surface area contributed by atoms with Crippen molar-refractivity contribution in [1.29, 1.82) is 0 Å². The molecule has 7 nitrogen and oxygen atoms in total. The molecule has 0 unspecified atom stereocenters. The number of aliphatic carboxylic acids is 2. The fraction of sp³-hybridized carbons (Fsp3) is 0.333. The molecule has 0 rings (SSSR count). The second kappa shape index (κ2) is 7.34. The smallest absolute Gasteiger partial charge is 0.314 e. The molecule has 0 heterocycles. The van der Waals surface area contributed by atoms with E-state index in [9.17, 15) is 9.59 Å². The quantitative estimate of drug-likeness (QED) is 0.282. The number of rotatable bonds is 2. The van der Waals surface area contributed by atoms with Gasteiger partial charge in [-0.3, -0.25) is 9.59 Å². The number of hydrogen-bond donors (Lipinski definition) is 3. The van der Waals surface area contributed by atoms with Crippen LogP contribution >= 0.6 is 0 Å². The van der Waals surface area contributed by atoms with Crippen LogP contribution in [0.15, 0.2) is 5.34 Å². The molecule has 0 saturated carbocycles. The maximum atomic E-state index is 9.43. The topological polar surface area (TPSA) is 124 Å². The zero-order chi connectivity index (χ0) is 8.57. The highest BCUT2D eigenvalue weighted by atomic mass is 16.6. The zero-order valence-corrected chi connectivity index (χ0v) is 4.72. The van der Waals surface area contributed by atoms with Gasteiger partial charge in [-0.1, -0.05) is 0 Å². The van der Waals surface area contributed by atoms with Crippen LogP contribution in [0.2, 0.25) is 0 Å². The average Bonchev–Trinajstić information content (AvgIpc) is 1.62. The Morgan fingerprint density at radius 2 is 1.40 bits per heavy atom. The van der Waals surface area contributed by atoms with Gasteiger partial charge in [0.15, 0.2) is 5.34 Å². The maximum absolute atomic E-state index is 9.43. The minimum atomic E-state index is -1.31. The standard InChI is InChI=1S/C3H4O4.HNO2/c4-2(5)1-3(6)7;2-1-3/h1H2,(H,4,5)(H,6,7);(H,2,3). The van der Waals surface area contributed by atoms with Crippen LogP contribution in [0.1, 0.15) is 6.42 Å². The molecule has 0 aromatic rings. The Morgan fingerprint density at radius 1 is 1.20 bits per heavy atom. The minimum Gasteiger partial charge on any atom is -0.481 e. The lowest BCUT2D eigenvalue weighted by Crippen LogP contribution is -2.03. The van der Waals surface area contributed by atoms with Crippen LogP contribution in [0, 0.1) is 4.91 Å².